The number of amides is 2. The van der Waals surface area contributed by atoms with Crippen LogP contribution >= 0.6 is 47.1 Å². The Morgan fingerprint density at radius 3 is 2.93 bits per heavy atom. The van der Waals surface area contributed by atoms with Gasteiger partial charge < -0.3 is 5.32 Å². The van der Waals surface area contributed by atoms with E-state index in [0.717, 1.165) is 11.1 Å². The second kappa shape index (κ2) is 8.61. The van der Waals surface area contributed by atoms with Crippen LogP contribution in [0.5, 0.6) is 0 Å². The molecule has 1 saturated heterocycles. The summed E-state index contributed by atoms with van der Waals surface area (Å²) >= 11 is 9.18. The minimum atomic E-state index is -0.221. The maximum Gasteiger partial charge on any atom is 0.257 e. The molecule has 1 fully saturated rings. The first kappa shape index (κ1) is 20.0. The van der Waals surface area contributed by atoms with Crippen molar-refractivity contribution in [1.82, 2.24) is 19.9 Å². The summed E-state index contributed by atoms with van der Waals surface area (Å²) in [7, 11) is 0. The number of rotatable bonds is 6. The Morgan fingerprint density at radius 1 is 1.38 bits per heavy atom. The van der Waals surface area contributed by atoms with Gasteiger partial charge in [-0.3, -0.25) is 9.59 Å². The Labute approximate surface area is 184 Å². The molecule has 4 rings (SSSR count). The lowest BCUT2D eigenvalue weighted by molar-refractivity contribution is -0.116. The van der Waals surface area contributed by atoms with E-state index in [1.165, 1.54) is 39.9 Å². The number of thiazole rings is 1. The zero-order valence-corrected chi connectivity index (χ0v) is 18.3. The number of carbonyl (C=O) groups is 2. The first-order valence-electron chi connectivity index (χ1n) is 8.37. The number of benzene rings is 1. The molecule has 0 spiro atoms. The van der Waals surface area contributed by atoms with Crippen LogP contribution in [0.3, 0.4) is 0 Å². The molecule has 0 saturated carbocycles. The molecule has 29 heavy (non-hydrogen) atoms. The highest BCUT2D eigenvalue weighted by Crippen LogP contribution is 2.29. The lowest BCUT2D eigenvalue weighted by Crippen LogP contribution is -2.39. The van der Waals surface area contributed by atoms with Crippen LogP contribution < -0.4 is 10.3 Å². The molecule has 1 N–H and O–H groups in total. The average Bonchev–Trinajstić information content (AvgIpc) is 3.41. The van der Waals surface area contributed by atoms with Gasteiger partial charge in [-0.05, 0) is 13.0 Å². The Bertz CT molecular complexity index is 1070. The molecule has 3 aromatic rings. The van der Waals surface area contributed by atoms with Gasteiger partial charge in [0.15, 0.2) is 15.3 Å². The highest BCUT2D eigenvalue weighted by molar-refractivity contribution is 8.24. The van der Waals surface area contributed by atoms with Crippen LogP contribution in [0.2, 0.25) is 0 Å². The molecular formula is C17H14N6O2S4. The van der Waals surface area contributed by atoms with Gasteiger partial charge in [0.1, 0.15) is 0 Å². The molecule has 1 aliphatic heterocycles. The summed E-state index contributed by atoms with van der Waals surface area (Å²) in [6.07, 6.45) is 1.62. The molecule has 8 nitrogen and oxygen atoms in total. The fraction of sp³-hybridized carbons (Fsp3) is 0.176. The van der Waals surface area contributed by atoms with Crippen LogP contribution in [-0.2, 0) is 9.59 Å². The van der Waals surface area contributed by atoms with Crippen LogP contribution in [0.4, 0.5) is 5.13 Å². The Balaban J connectivity index is 1.64. The van der Waals surface area contributed by atoms with E-state index >= 15 is 0 Å². The van der Waals surface area contributed by atoms with E-state index in [0.29, 0.717) is 20.4 Å². The zero-order chi connectivity index (χ0) is 20.4. The predicted molar refractivity (Wildman–Crippen MR) is 120 cm³/mol. The van der Waals surface area contributed by atoms with E-state index in [9.17, 15) is 9.59 Å². The van der Waals surface area contributed by atoms with Crippen molar-refractivity contribution in [2.24, 2.45) is 0 Å². The number of hydrogen-bond donors (Lipinski definition) is 1. The molecule has 12 heteroatoms. The SMILES string of the molecule is Cc1cccc(-c2nnc(SCC(=O)Nc3nccs3)n2N2C(=O)CSC2=S)c1. The molecular weight excluding hydrogens is 448 g/mol. The number of carbonyl (C=O) groups excluding carboxylic acids is 2. The van der Waals surface area contributed by atoms with Crippen molar-refractivity contribution in [2.45, 2.75) is 12.1 Å². The lowest BCUT2D eigenvalue weighted by Gasteiger charge is -2.20. The van der Waals surface area contributed by atoms with Crippen molar-refractivity contribution in [3.63, 3.8) is 0 Å². The molecule has 2 aromatic heterocycles. The molecule has 148 valence electrons. The second-order valence-electron chi connectivity index (χ2n) is 5.92. The first-order chi connectivity index (χ1) is 14.0. The van der Waals surface area contributed by atoms with Crippen LogP contribution in [-0.4, -0.2) is 47.5 Å². The zero-order valence-electron chi connectivity index (χ0n) is 15.1. The van der Waals surface area contributed by atoms with E-state index < -0.39 is 0 Å². The second-order valence-corrected chi connectivity index (χ2v) is 9.37. The lowest BCUT2D eigenvalue weighted by atomic mass is 10.1. The number of thioether (sulfide) groups is 2. The average molecular weight is 463 g/mol. The van der Waals surface area contributed by atoms with E-state index in [2.05, 4.69) is 20.5 Å². The third kappa shape index (κ3) is 4.34. The van der Waals surface area contributed by atoms with Crippen LogP contribution in [0, 0.1) is 6.92 Å². The summed E-state index contributed by atoms with van der Waals surface area (Å²) in [6, 6.07) is 7.75. The highest BCUT2D eigenvalue weighted by Gasteiger charge is 2.33. The van der Waals surface area contributed by atoms with E-state index in [1.807, 2.05) is 31.2 Å². The van der Waals surface area contributed by atoms with E-state index in [4.69, 9.17) is 12.2 Å². The quantitative estimate of drug-likeness (QED) is 0.442. The van der Waals surface area contributed by atoms with Gasteiger partial charge in [0.05, 0.1) is 11.5 Å². The van der Waals surface area contributed by atoms with Crippen LogP contribution in [0.25, 0.3) is 11.4 Å². The number of thiocarbonyl (C=S) groups is 1. The van der Waals surface area contributed by atoms with Gasteiger partial charge in [0.2, 0.25) is 11.1 Å². The third-order valence-corrected chi connectivity index (χ3v) is 6.77. The van der Waals surface area contributed by atoms with Crippen molar-refractivity contribution in [1.29, 1.82) is 0 Å². The number of nitrogens with one attached hydrogen (secondary N) is 1. The fourth-order valence-corrected chi connectivity index (χ4v) is 4.91. The summed E-state index contributed by atoms with van der Waals surface area (Å²) in [5.74, 6) is 0.477. The van der Waals surface area contributed by atoms with Crippen LogP contribution in [0.1, 0.15) is 5.56 Å². The van der Waals surface area contributed by atoms with Gasteiger partial charge in [-0.2, -0.15) is 9.69 Å². The molecule has 1 aliphatic rings. The largest absolute Gasteiger partial charge is 0.301 e. The number of aryl methyl sites for hydroxylation is 1. The summed E-state index contributed by atoms with van der Waals surface area (Å²) in [5, 5.41) is 15.4. The monoisotopic (exact) mass is 462 g/mol. The minimum absolute atomic E-state index is 0.0907. The Morgan fingerprint density at radius 2 is 2.24 bits per heavy atom. The predicted octanol–water partition coefficient (Wildman–Crippen LogP) is 2.94. The van der Waals surface area contributed by atoms with E-state index in [1.54, 1.807) is 16.3 Å². The minimum Gasteiger partial charge on any atom is -0.301 e. The van der Waals surface area contributed by atoms with Gasteiger partial charge in [-0.25, -0.2) is 4.98 Å². The van der Waals surface area contributed by atoms with Crippen molar-refractivity contribution in [3.8, 4) is 11.4 Å². The van der Waals surface area contributed by atoms with Gasteiger partial charge in [-0.15, -0.1) is 21.5 Å². The van der Waals surface area contributed by atoms with Gasteiger partial charge in [-0.1, -0.05) is 59.5 Å². The number of aromatic nitrogens is 4. The summed E-state index contributed by atoms with van der Waals surface area (Å²) < 4.78 is 2.03. The molecule has 0 radical (unpaired) electrons. The summed E-state index contributed by atoms with van der Waals surface area (Å²) in [6.45, 7) is 1.98. The molecule has 2 amide bonds. The van der Waals surface area contributed by atoms with Crippen molar-refractivity contribution in [3.05, 3.63) is 41.4 Å². The summed E-state index contributed by atoms with van der Waals surface area (Å²) in [4.78, 5) is 28.7. The maximum atomic E-state index is 12.5. The molecule has 0 bridgehead atoms. The highest BCUT2D eigenvalue weighted by atomic mass is 32.2. The third-order valence-electron chi connectivity index (χ3n) is 3.83. The van der Waals surface area contributed by atoms with Gasteiger partial charge in [0.25, 0.3) is 5.91 Å². The molecule has 0 atom stereocenters. The normalized spacial score (nSPS) is 13.9. The first-order valence-corrected chi connectivity index (χ1v) is 11.6. The number of nitrogens with zero attached hydrogens (tertiary/aromatic N) is 5. The Hall–Kier alpha value is -2.28. The number of anilines is 1. The van der Waals surface area contributed by atoms with Gasteiger partial charge >= 0.3 is 0 Å². The van der Waals surface area contributed by atoms with Crippen molar-refractivity contribution < 1.29 is 9.59 Å². The topological polar surface area (TPSA) is 93.0 Å². The molecule has 0 aliphatic carbocycles. The van der Waals surface area contributed by atoms with E-state index in [-0.39, 0.29) is 23.3 Å². The van der Waals surface area contributed by atoms with Crippen molar-refractivity contribution >= 4 is 68.3 Å². The maximum absolute atomic E-state index is 12.5. The molecule has 0 unspecified atom stereocenters. The number of hydrogen-bond acceptors (Lipinski definition) is 9. The standard InChI is InChI=1S/C17H14N6O2S4/c1-10-3-2-4-11(7-10)14-20-21-16(23(14)22-13(25)9-29-17(22)26)28-8-12(24)19-15-18-5-6-27-15/h2-7H,8-9H2,1H3,(H,18,19,24). The molecule has 1 aromatic carbocycles. The fourth-order valence-electron chi connectivity index (χ4n) is 2.61. The molecule has 3 heterocycles. The smallest absolute Gasteiger partial charge is 0.257 e. The van der Waals surface area contributed by atoms with Gasteiger partial charge in [0, 0.05) is 17.1 Å². The van der Waals surface area contributed by atoms with Crippen LogP contribution in [0.15, 0.2) is 41.0 Å². The summed E-state index contributed by atoms with van der Waals surface area (Å²) in [5.41, 5.74) is 1.86. The Kier molecular flexibility index (Phi) is 5.94. The van der Waals surface area contributed by atoms with Crippen molar-refractivity contribution in [2.75, 3.05) is 21.8 Å².